The Bertz CT molecular complexity index is 1250. The van der Waals surface area contributed by atoms with Crippen molar-refractivity contribution in [2.24, 2.45) is 10.1 Å². The van der Waals surface area contributed by atoms with Crippen LogP contribution in [0.5, 0.6) is 11.5 Å². The molecule has 0 fully saturated rings. The standard InChI is InChI=1S/C30H35N3O2/c1-7-20-10-16-25-24(18-20)28(22-13-17-26(34-8-2)27(19-22)35-9-3)32-33-29(31-25)21-11-14-23(15-12-21)30(4,5)6/h10-19H,7-9H2,1-6H3,(H,31,33). The summed E-state index contributed by atoms with van der Waals surface area (Å²) in [6.45, 7) is 13.9. The van der Waals surface area contributed by atoms with Gasteiger partial charge >= 0.3 is 0 Å². The molecule has 0 unspecified atom stereocenters. The van der Waals surface area contributed by atoms with Gasteiger partial charge in [0.15, 0.2) is 17.3 Å². The molecule has 0 spiro atoms. The number of hydrazone groups is 1. The summed E-state index contributed by atoms with van der Waals surface area (Å²) < 4.78 is 11.7. The zero-order valence-electron chi connectivity index (χ0n) is 21.6. The summed E-state index contributed by atoms with van der Waals surface area (Å²) in [6.07, 6.45) is 0.937. The molecule has 1 aliphatic rings. The highest BCUT2D eigenvalue weighted by atomic mass is 16.5. The fourth-order valence-corrected chi connectivity index (χ4v) is 4.08. The Morgan fingerprint density at radius 2 is 1.46 bits per heavy atom. The number of aryl methyl sites for hydroxylation is 1. The SMILES string of the molecule is CCOc1ccc(C2=NNC(c3ccc(C(C)(C)C)cc3)=Nc3ccc(CC)cc32)cc1OCC. The summed E-state index contributed by atoms with van der Waals surface area (Å²) in [4.78, 5) is 4.99. The lowest BCUT2D eigenvalue weighted by Crippen LogP contribution is -2.20. The fraction of sp³-hybridized carbons (Fsp3) is 0.333. The Hall–Kier alpha value is -3.60. The Kier molecular flexibility index (Phi) is 7.25. The van der Waals surface area contributed by atoms with Crippen molar-refractivity contribution >= 4 is 17.2 Å². The Balaban J connectivity index is 1.80. The van der Waals surface area contributed by atoms with E-state index in [-0.39, 0.29) is 5.41 Å². The smallest absolute Gasteiger partial charge is 0.161 e. The average molecular weight is 470 g/mol. The van der Waals surface area contributed by atoms with E-state index < -0.39 is 0 Å². The molecule has 5 heteroatoms. The number of benzene rings is 3. The van der Waals surface area contributed by atoms with E-state index >= 15 is 0 Å². The number of nitrogens with one attached hydrogen (secondary N) is 1. The van der Waals surface area contributed by atoms with E-state index in [2.05, 4.69) is 75.6 Å². The van der Waals surface area contributed by atoms with Crippen LogP contribution in [-0.4, -0.2) is 24.8 Å². The van der Waals surface area contributed by atoms with Crippen molar-refractivity contribution in [3.8, 4) is 11.5 Å². The van der Waals surface area contributed by atoms with Crippen LogP contribution in [0.1, 0.15) is 69.4 Å². The minimum atomic E-state index is 0.0949. The molecule has 3 aromatic carbocycles. The Labute approximate surface area is 208 Å². The number of ether oxygens (including phenoxy) is 2. The third-order valence-electron chi connectivity index (χ3n) is 6.07. The lowest BCUT2D eigenvalue weighted by atomic mass is 9.86. The Morgan fingerprint density at radius 1 is 0.771 bits per heavy atom. The van der Waals surface area contributed by atoms with Crippen molar-refractivity contribution < 1.29 is 9.47 Å². The molecule has 35 heavy (non-hydrogen) atoms. The summed E-state index contributed by atoms with van der Waals surface area (Å²) in [5, 5.41) is 4.86. The van der Waals surface area contributed by atoms with Gasteiger partial charge in [0.05, 0.1) is 18.9 Å². The lowest BCUT2D eigenvalue weighted by molar-refractivity contribution is 0.287. The van der Waals surface area contributed by atoms with Gasteiger partial charge in [-0.2, -0.15) is 5.10 Å². The molecule has 0 saturated carbocycles. The zero-order valence-corrected chi connectivity index (χ0v) is 21.6. The topological polar surface area (TPSA) is 55.2 Å². The first kappa shape index (κ1) is 24.5. The van der Waals surface area contributed by atoms with Crippen LogP contribution in [0.25, 0.3) is 0 Å². The second-order valence-electron chi connectivity index (χ2n) is 9.59. The predicted molar refractivity (Wildman–Crippen MR) is 145 cm³/mol. The second-order valence-corrected chi connectivity index (χ2v) is 9.59. The van der Waals surface area contributed by atoms with Gasteiger partial charge in [-0.15, -0.1) is 0 Å². The third-order valence-corrected chi connectivity index (χ3v) is 6.07. The van der Waals surface area contributed by atoms with Crippen molar-refractivity contribution in [3.63, 3.8) is 0 Å². The van der Waals surface area contributed by atoms with Crippen molar-refractivity contribution in [2.45, 2.75) is 53.4 Å². The van der Waals surface area contributed by atoms with Crippen LogP contribution in [-0.2, 0) is 11.8 Å². The first-order chi connectivity index (χ1) is 16.8. The van der Waals surface area contributed by atoms with E-state index in [9.17, 15) is 0 Å². The summed E-state index contributed by atoms with van der Waals surface area (Å²) >= 11 is 0. The van der Waals surface area contributed by atoms with Crippen LogP contribution >= 0.6 is 0 Å². The van der Waals surface area contributed by atoms with E-state index in [1.807, 2.05) is 32.0 Å². The van der Waals surface area contributed by atoms with Gasteiger partial charge in [0.1, 0.15) is 5.71 Å². The predicted octanol–water partition coefficient (Wildman–Crippen LogP) is 6.78. The van der Waals surface area contributed by atoms with Crippen molar-refractivity contribution in [1.82, 2.24) is 5.43 Å². The van der Waals surface area contributed by atoms with Gasteiger partial charge in [0.25, 0.3) is 0 Å². The molecule has 0 aromatic heterocycles. The highest BCUT2D eigenvalue weighted by molar-refractivity contribution is 6.18. The van der Waals surface area contributed by atoms with E-state index in [1.54, 1.807) is 0 Å². The number of hydrogen-bond acceptors (Lipinski definition) is 5. The summed E-state index contributed by atoms with van der Waals surface area (Å²) in [6, 6.07) is 20.9. The van der Waals surface area contributed by atoms with Gasteiger partial charge in [-0.1, -0.05) is 58.0 Å². The minimum absolute atomic E-state index is 0.0949. The molecule has 5 nitrogen and oxygen atoms in total. The Morgan fingerprint density at radius 3 is 2.11 bits per heavy atom. The normalized spacial score (nSPS) is 13.2. The molecule has 1 heterocycles. The van der Waals surface area contributed by atoms with Crippen molar-refractivity contribution in [2.75, 3.05) is 13.2 Å². The maximum atomic E-state index is 5.89. The first-order valence-corrected chi connectivity index (χ1v) is 12.4. The van der Waals surface area contributed by atoms with Crippen LogP contribution in [0.3, 0.4) is 0 Å². The summed E-state index contributed by atoms with van der Waals surface area (Å²) in [5.74, 6) is 2.17. The molecule has 4 rings (SSSR count). The zero-order chi connectivity index (χ0) is 25.0. The lowest BCUT2D eigenvalue weighted by Gasteiger charge is -2.19. The maximum Gasteiger partial charge on any atom is 0.161 e. The van der Waals surface area contributed by atoms with Crippen LogP contribution in [0.2, 0.25) is 0 Å². The molecule has 0 bridgehead atoms. The van der Waals surface area contributed by atoms with E-state index in [4.69, 9.17) is 19.6 Å². The second kappa shape index (κ2) is 10.3. The van der Waals surface area contributed by atoms with Gasteiger partial charge in [-0.25, -0.2) is 4.99 Å². The van der Waals surface area contributed by atoms with Crippen LogP contribution < -0.4 is 14.9 Å². The molecular weight excluding hydrogens is 434 g/mol. The number of fused-ring (bicyclic) bond motifs is 1. The van der Waals surface area contributed by atoms with Gasteiger partial charge in [0.2, 0.25) is 0 Å². The van der Waals surface area contributed by atoms with Gasteiger partial charge < -0.3 is 9.47 Å². The van der Waals surface area contributed by atoms with Gasteiger partial charge in [-0.3, -0.25) is 5.43 Å². The fourth-order valence-electron chi connectivity index (χ4n) is 4.08. The maximum absolute atomic E-state index is 5.89. The quantitative estimate of drug-likeness (QED) is 0.415. The molecule has 3 aromatic rings. The van der Waals surface area contributed by atoms with Crippen molar-refractivity contribution in [1.29, 1.82) is 0 Å². The molecule has 0 aliphatic carbocycles. The van der Waals surface area contributed by atoms with Crippen LogP contribution in [0.15, 0.2) is 70.8 Å². The van der Waals surface area contributed by atoms with Gasteiger partial charge in [0, 0.05) is 16.7 Å². The van der Waals surface area contributed by atoms with E-state index in [1.165, 1.54) is 11.1 Å². The highest BCUT2D eigenvalue weighted by Gasteiger charge is 2.20. The minimum Gasteiger partial charge on any atom is -0.490 e. The molecular formula is C30H35N3O2. The molecule has 1 N–H and O–H groups in total. The molecule has 0 radical (unpaired) electrons. The number of amidine groups is 1. The number of nitrogens with zero attached hydrogens (tertiary/aromatic N) is 2. The number of aliphatic imine (C=N–C) groups is 1. The molecule has 1 aliphatic heterocycles. The number of rotatable bonds is 7. The summed E-state index contributed by atoms with van der Waals surface area (Å²) in [7, 11) is 0. The molecule has 0 saturated heterocycles. The van der Waals surface area contributed by atoms with Crippen LogP contribution in [0, 0.1) is 0 Å². The third kappa shape index (κ3) is 5.40. The monoisotopic (exact) mass is 469 g/mol. The van der Waals surface area contributed by atoms with E-state index in [0.29, 0.717) is 19.0 Å². The highest BCUT2D eigenvalue weighted by Crippen LogP contribution is 2.33. The largest absolute Gasteiger partial charge is 0.490 e. The van der Waals surface area contributed by atoms with E-state index in [0.717, 1.165) is 46.1 Å². The summed E-state index contributed by atoms with van der Waals surface area (Å²) in [5.41, 5.74) is 10.5. The molecule has 0 amide bonds. The molecule has 182 valence electrons. The van der Waals surface area contributed by atoms with Crippen molar-refractivity contribution in [3.05, 3.63) is 88.5 Å². The number of hydrogen-bond donors (Lipinski definition) is 1. The average Bonchev–Trinajstić information content (AvgIpc) is 3.04. The van der Waals surface area contributed by atoms with Crippen LogP contribution in [0.4, 0.5) is 5.69 Å². The molecule has 0 atom stereocenters. The van der Waals surface area contributed by atoms with Gasteiger partial charge in [-0.05, 0) is 67.1 Å². The first-order valence-electron chi connectivity index (χ1n) is 12.4.